The molecule has 0 aliphatic carbocycles. The molecule has 4 atom stereocenters. The molecule has 0 spiro atoms. The average molecular weight is 745 g/mol. The maximum atomic E-state index is 12.2. The number of rotatable bonds is 27. The third kappa shape index (κ3) is 19.0. The summed E-state index contributed by atoms with van der Waals surface area (Å²) in [5.74, 6) is -6.44. The monoisotopic (exact) mass is 744 g/mol. The van der Waals surface area contributed by atoms with Crippen molar-refractivity contribution < 1.29 is 71.8 Å². The van der Waals surface area contributed by atoms with E-state index in [9.17, 15) is 28.8 Å². The van der Waals surface area contributed by atoms with Gasteiger partial charge in [0.05, 0.1) is 40.1 Å². The van der Waals surface area contributed by atoms with Gasteiger partial charge in [0.2, 0.25) is 0 Å². The Morgan fingerprint density at radius 3 is 1.06 bits per heavy atom. The Labute approximate surface area is 307 Å². The second-order valence-corrected chi connectivity index (χ2v) is 13.2. The van der Waals surface area contributed by atoms with Crippen LogP contribution in [0.25, 0.3) is 0 Å². The fraction of sp³-hybridized carbons (Fsp3) is 0.838. The normalized spacial score (nSPS) is 19.0. The van der Waals surface area contributed by atoms with Gasteiger partial charge in [0.15, 0.2) is 12.2 Å². The van der Waals surface area contributed by atoms with Gasteiger partial charge in [-0.25, -0.2) is 28.8 Å². The number of hydrogen-bond acceptors (Lipinski definition) is 15. The Hall–Kier alpha value is -3.30. The van der Waals surface area contributed by atoms with E-state index >= 15 is 0 Å². The number of fused-ring (bicyclic) bond motifs is 1. The molecule has 1 N–H and O–H groups in total. The molecule has 0 aromatic carbocycles. The third-order valence-corrected chi connectivity index (χ3v) is 8.96. The summed E-state index contributed by atoms with van der Waals surface area (Å²) in [5, 5.41) is 8.77. The van der Waals surface area contributed by atoms with Gasteiger partial charge < -0.3 is 43.0 Å². The van der Waals surface area contributed by atoms with Crippen molar-refractivity contribution in [3.05, 3.63) is 0 Å². The number of carbonyl (C=O) groups excluding carboxylic acids is 6. The molecule has 2 fully saturated rings. The second-order valence-electron chi connectivity index (χ2n) is 13.2. The van der Waals surface area contributed by atoms with Crippen LogP contribution in [0.5, 0.6) is 0 Å². The van der Waals surface area contributed by atoms with Gasteiger partial charge in [-0.05, 0) is 25.7 Å². The number of methoxy groups -OCH3 is 1. The molecule has 2 aliphatic heterocycles. The standard InChI is InChI=1S/C37H60O15/c1-45-32(39)36(43)51-28-26-49-31-29(27-50-30(28)31)52-37(44)35(42)48-25-21-17-13-9-5-4-8-12-16-20-24-47-34(41)33(40)46-23-19-15-11-7-3-2-6-10-14-18-22-38/h28-31,38H,2-27H2,1H3/t28-,29-,30?,31?/m0/s1. The summed E-state index contributed by atoms with van der Waals surface area (Å²) in [7, 11) is 1.05. The molecule has 15 nitrogen and oxygen atoms in total. The summed E-state index contributed by atoms with van der Waals surface area (Å²) >= 11 is 0. The molecular formula is C37H60O15. The Morgan fingerprint density at radius 2 is 0.731 bits per heavy atom. The fourth-order valence-electron chi connectivity index (χ4n) is 6.00. The van der Waals surface area contributed by atoms with Gasteiger partial charge in [-0.3, -0.25) is 0 Å². The van der Waals surface area contributed by atoms with Gasteiger partial charge in [0.1, 0.15) is 12.2 Å². The molecular weight excluding hydrogens is 684 g/mol. The highest BCUT2D eigenvalue weighted by Gasteiger charge is 2.52. The Morgan fingerprint density at radius 1 is 0.442 bits per heavy atom. The van der Waals surface area contributed by atoms with Gasteiger partial charge in [-0.15, -0.1) is 0 Å². The molecule has 15 heteroatoms. The predicted molar refractivity (Wildman–Crippen MR) is 184 cm³/mol. The maximum Gasteiger partial charge on any atom is 0.417 e. The van der Waals surface area contributed by atoms with Crippen LogP contribution in [0.3, 0.4) is 0 Å². The van der Waals surface area contributed by atoms with Crippen molar-refractivity contribution in [1.29, 1.82) is 0 Å². The number of aliphatic hydroxyl groups excluding tert-OH is 1. The zero-order valence-corrected chi connectivity index (χ0v) is 30.9. The molecule has 0 saturated carbocycles. The largest absolute Gasteiger partial charge is 0.461 e. The molecule has 0 radical (unpaired) electrons. The first kappa shape index (κ1) is 44.9. The van der Waals surface area contributed by atoms with Gasteiger partial charge >= 0.3 is 35.8 Å². The number of esters is 6. The molecule has 0 aromatic rings. The first-order valence-corrected chi connectivity index (χ1v) is 19.1. The van der Waals surface area contributed by atoms with Crippen LogP contribution in [-0.4, -0.2) is 112 Å². The highest BCUT2D eigenvalue weighted by Crippen LogP contribution is 2.31. The van der Waals surface area contributed by atoms with Gasteiger partial charge in [-0.1, -0.05) is 103 Å². The maximum absolute atomic E-state index is 12.2. The van der Waals surface area contributed by atoms with Crippen LogP contribution in [0.15, 0.2) is 0 Å². The lowest BCUT2D eigenvalue weighted by Crippen LogP contribution is -2.38. The Balaban J connectivity index is 1.34. The number of aliphatic hydroxyl groups is 1. The van der Waals surface area contributed by atoms with E-state index in [4.69, 9.17) is 38.3 Å². The van der Waals surface area contributed by atoms with Crippen molar-refractivity contribution in [2.45, 2.75) is 153 Å². The van der Waals surface area contributed by atoms with Crippen molar-refractivity contribution in [2.24, 2.45) is 0 Å². The van der Waals surface area contributed by atoms with Crippen molar-refractivity contribution in [1.82, 2.24) is 0 Å². The van der Waals surface area contributed by atoms with E-state index in [2.05, 4.69) is 4.74 Å². The van der Waals surface area contributed by atoms with E-state index in [1.54, 1.807) is 0 Å². The van der Waals surface area contributed by atoms with E-state index in [0.29, 0.717) is 12.8 Å². The molecule has 2 heterocycles. The van der Waals surface area contributed by atoms with Gasteiger partial charge in [0, 0.05) is 6.61 Å². The lowest BCUT2D eigenvalue weighted by atomic mass is 10.1. The van der Waals surface area contributed by atoms with Crippen LogP contribution >= 0.6 is 0 Å². The van der Waals surface area contributed by atoms with E-state index in [1.807, 2.05) is 0 Å². The topological polar surface area (TPSA) is 196 Å². The predicted octanol–water partition coefficient (Wildman–Crippen LogP) is 4.20. The molecule has 2 unspecified atom stereocenters. The van der Waals surface area contributed by atoms with Crippen molar-refractivity contribution in [3.63, 3.8) is 0 Å². The van der Waals surface area contributed by atoms with Gasteiger partial charge in [0.25, 0.3) is 0 Å². The molecule has 0 amide bonds. The molecule has 2 saturated heterocycles. The lowest BCUT2D eigenvalue weighted by Gasteiger charge is -2.16. The van der Waals surface area contributed by atoms with Crippen molar-refractivity contribution in [2.75, 3.05) is 46.8 Å². The van der Waals surface area contributed by atoms with Crippen molar-refractivity contribution in [3.8, 4) is 0 Å². The quantitative estimate of drug-likeness (QED) is 0.0543. The lowest BCUT2D eigenvalue weighted by molar-refractivity contribution is -0.174. The van der Waals surface area contributed by atoms with Crippen LogP contribution in [0.2, 0.25) is 0 Å². The Bertz CT molecular complexity index is 1060. The van der Waals surface area contributed by atoms with Crippen LogP contribution in [0.4, 0.5) is 0 Å². The van der Waals surface area contributed by atoms with E-state index in [0.717, 1.165) is 97.0 Å². The van der Waals surface area contributed by atoms with Gasteiger partial charge in [-0.2, -0.15) is 0 Å². The molecule has 52 heavy (non-hydrogen) atoms. The number of carbonyl (C=O) groups is 6. The summed E-state index contributed by atoms with van der Waals surface area (Å²) in [6, 6.07) is 0. The van der Waals surface area contributed by atoms with Crippen LogP contribution in [0, 0.1) is 0 Å². The van der Waals surface area contributed by atoms with Crippen LogP contribution in [0.1, 0.15) is 128 Å². The van der Waals surface area contributed by atoms with E-state index in [-0.39, 0.29) is 39.6 Å². The minimum Gasteiger partial charge on any atom is -0.461 e. The fourth-order valence-corrected chi connectivity index (χ4v) is 6.00. The number of unbranched alkanes of at least 4 members (excludes halogenated alkanes) is 18. The summed E-state index contributed by atoms with van der Waals surface area (Å²) in [6.45, 7) is 0.693. The zero-order chi connectivity index (χ0) is 37.8. The summed E-state index contributed by atoms with van der Waals surface area (Å²) < 4.78 is 40.6. The highest BCUT2D eigenvalue weighted by molar-refractivity contribution is 6.30. The average Bonchev–Trinajstić information content (AvgIpc) is 3.73. The van der Waals surface area contributed by atoms with Crippen molar-refractivity contribution >= 4 is 35.8 Å². The molecule has 2 rings (SSSR count). The molecule has 0 aromatic heterocycles. The first-order valence-electron chi connectivity index (χ1n) is 19.1. The summed E-state index contributed by atoms with van der Waals surface area (Å²) in [6.07, 6.45) is 16.8. The zero-order valence-electron chi connectivity index (χ0n) is 30.9. The minimum absolute atomic E-state index is 0.0631. The minimum atomic E-state index is -1.18. The number of ether oxygens (including phenoxy) is 8. The second kappa shape index (κ2) is 28.2. The Kier molecular flexibility index (Phi) is 24.4. The van der Waals surface area contributed by atoms with Crippen LogP contribution < -0.4 is 0 Å². The molecule has 298 valence electrons. The third-order valence-electron chi connectivity index (χ3n) is 8.96. The SMILES string of the molecule is COC(=O)C(=O)O[C@H]1COC2C1OC[C@@H]2OC(=O)C(=O)OCCCCCCCCCCCCOC(=O)C(=O)OCCCCCCCCCCCCO. The summed E-state index contributed by atoms with van der Waals surface area (Å²) in [5.41, 5.74) is 0. The van der Waals surface area contributed by atoms with E-state index in [1.165, 1.54) is 25.7 Å². The first-order chi connectivity index (χ1) is 25.3. The molecule has 2 aliphatic rings. The highest BCUT2D eigenvalue weighted by atomic mass is 16.7. The van der Waals surface area contributed by atoms with Crippen LogP contribution in [-0.2, 0) is 66.7 Å². The number of hydrogen-bond donors (Lipinski definition) is 1. The smallest absolute Gasteiger partial charge is 0.417 e. The summed E-state index contributed by atoms with van der Waals surface area (Å²) in [4.78, 5) is 70.8. The van der Waals surface area contributed by atoms with E-state index < -0.39 is 60.2 Å². The molecule has 0 bridgehead atoms.